The van der Waals surface area contributed by atoms with Crippen LogP contribution in [0.25, 0.3) is 0 Å². The second-order valence-electron chi connectivity index (χ2n) is 7.02. The fraction of sp³-hybridized carbons (Fsp3) is 0.667. The summed E-state index contributed by atoms with van der Waals surface area (Å²) in [6.07, 6.45) is -14.7. The lowest BCUT2D eigenvalue weighted by atomic mass is 10.0. The average Bonchev–Trinajstić information content (AvgIpc) is 2.73. The van der Waals surface area contributed by atoms with Gasteiger partial charge in [-0.3, -0.25) is 0 Å². The maximum absolute atomic E-state index is 10.1. The monoisotopic (exact) mass is 418 g/mol. The molecular formula is C18H26O11. The molecule has 0 bridgehead atoms. The smallest absolute Gasteiger partial charge is 0.222 e. The van der Waals surface area contributed by atoms with Crippen LogP contribution in [0.1, 0.15) is 12.5 Å². The van der Waals surface area contributed by atoms with Crippen molar-refractivity contribution >= 4 is 0 Å². The molecule has 2 aliphatic rings. The lowest BCUT2D eigenvalue weighted by molar-refractivity contribution is -0.494. The molecule has 3 rings (SSSR count). The predicted molar refractivity (Wildman–Crippen MR) is 92.4 cm³/mol. The Morgan fingerprint density at radius 3 is 1.83 bits per heavy atom. The second-order valence-corrected chi connectivity index (χ2v) is 7.02. The highest BCUT2D eigenvalue weighted by molar-refractivity contribution is 5.13. The van der Waals surface area contributed by atoms with E-state index in [-0.39, 0.29) is 6.61 Å². The van der Waals surface area contributed by atoms with Crippen LogP contribution in [-0.2, 0) is 30.6 Å². The summed E-state index contributed by atoms with van der Waals surface area (Å²) >= 11 is 0. The topological polar surface area (TPSA) is 168 Å². The molecule has 0 amide bonds. The van der Waals surface area contributed by atoms with E-state index in [9.17, 15) is 30.6 Å². The molecule has 2 fully saturated rings. The molecule has 164 valence electrons. The molecule has 0 spiro atoms. The van der Waals surface area contributed by atoms with Crippen LogP contribution in [0.3, 0.4) is 0 Å². The summed E-state index contributed by atoms with van der Waals surface area (Å²) in [5.74, 6) is 0. The molecule has 0 aliphatic carbocycles. The maximum atomic E-state index is 10.1. The van der Waals surface area contributed by atoms with E-state index in [2.05, 4.69) is 0 Å². The van der Waals surface area contributed by atoms with E-state index in [1.165, 1.54) is 6.92 Å². The number of aliphatic hydroxyl groups excluding tert-OH is 6. The van der Waals surface area contributed by atoms with Crippen molar-refractivity contribution in [3.05, 3.63) is 35.9 Å². The number of ether oxygens (including phenoxy) is 3. The van der Waals surface area contributed by atoms with E-state index in [4.69, 9.17) is 24.0 Å². The van der Waals surface area contributed by atoms with Gasteiger partial charge in [0.05, 0.1) is 12.7 Å². The first-order valence-electron chi connectivity index (χ1n) is 9.16. The van der Waals surface area contributed by atoms with Gasteiger partial charge in [0.15, 0.2) is 6.29 Å². The van der Waals surface area contributed by atoms with Gasteiger partial charge in [0.25, 0.3) is 0 Å². The van der Waals surface area contributed by atoms with Crippen LogP contribution in [0.5, 0.6) is 0 Å². The Morgan fingerprint density at radius 2 is 1.21 bits per heavy atom. The Morgan fingerprint density at radius 1 is 0.690 bits per heavy atom. The van der Waals surface area contributed by atoms with Crippen molar-refractivity contribution < 1.29 is 54.6 Å². The third-order valence-corrected chi connectivity index (χ3v) is 4.84. The lowest BCUT2D eigenvalue weighted by Crippen LogP contribution is -2.60. The van der Waals surface area contributed by atoms with Crippen LogP contribution in [0, 0.1) is 0 Å². The molecule has 1 aromatic carbocycles. The minimum Gasteiger partial charge on any atom is -0.388 e. The largest absolute Gasteiger partial charge is 0.388 e. The van der Waals surface area contributed by atoms with Gasteiger partial charge in [-0.25, -0.2) is 0 Å². The first kappa shape index (κ1) is 22.5. The zero-order chi connectivity index (χ0) is 21.1. The van der Waals surface area contributed by atoms with Gasteiger partial charge >= 0.3 is 0 Å². The first-order valence-corrected chi connectivity index (χ1v) is 9.16. The Labute approximate surface area is 166 Å². The van der Waals surface area contributed by atoms with Gasteiger partial charge < -0.3 is 44.8 Å². The fourth-order valence-corrected chi connectivity index (χ4v) is 2.99. The molecule has 11 nitrogen and oxygen atoms in total. The van der Waals surface area contributed by atoms with E-state index in [0.717, 1.165) is 5.56 Å². The molecule has 29 heavy (non-hydrogen) atoms. The van der Waals surface area contributed by atoms with Gasteiger partial charge in [0.2, 0.25) is 12.6 Å². The molecule has 1 aromatic rings. The molecule has 11 heteroatoms. The first-order chi connectivity index (χ1) is 13.8. The van der Waals surface area contributed by atoms with E-state index < -0.39 is 61.6 Å². The van der Waals surface area contributed by atoms with Gasteiger partial charge in [0, 0.05) is 0 Å². The lowest BCUT2D eigenvalue weighted by Gasteiger charge is -2.41. The third-order valence-electron chi connectivity index (χ3n) is 4.84. The average molecular weight is 418 g/mol. The van der Waals surface area contributed by atoms with Crippen molar-refractivity contribution in [2.75, 3.05) is 0 Å². The Kier molecular flexibility index (Phi) is 7.53. The van der Waals surface area contributed by atoms with Gasteiger partial charge in [-0.15, -0.1) is 0 Å². The summed E-state index contributed by atoms with van der Waals surface area (Å²) in [6.45, 7) is 1.51. The standard InChI is InChI=1S/C18H26O11/c1-8-10(19)11(20)14(23)17(26-8)28-29-18-15(24)12(21)13(22)16(27-18)25-7-9-5-3-2-4-6-9/h2-6,8,10-24H,7H2,1H3/t8-,10-,11+,12-,13-,14+,15+,16-,17-,18-/m1/s1. The number of benzene rings is 1. The van der Waals surface area contributed by atoms with Crippen LogP contribution in [-0.4, -0.2) is 92.2 Å². The van der Waals surface area contributed by atoms with E-state index >= 15 is 0 Å². The van der Waals surface area contributed by atoms with Crippen LogP contribution in [0.4, 0.5) is 0 Å². The predicted octanol–water partition coefficient (Wildman–Crippen LogP) is -2.26. The maximum Gasteiger partial charge on any atom is 0.222 e. The zero-order valence-electron chi connectivity index (χ0n) is 15.6. The highest BCUT2D eigenvalue weighted by Crippen LogP contribution is 2.26. The minimum atomic E-state index is -1.70. The normalized spacial score (nSPS) is 43.3. The summed E-state index contributed by atoms with van der Waals surface area (Å²) in [5, 5.41) is 59.6. The summed E-state index contributed by atoms with van der Waals surface area (Å²) in [5.41, 5.74) is 0.790. The zero-order valence-corrected chi connectivity index (χ0v) is 15.6. The summed E-state index contributed by atoms with van der Waals surface area (Å²) in [4.78, 5) is 9.85. The molecule has 10 atom stereocenters. The van der Waals surface area contributed by atoms with Crippen molar-refractivity contribution in [2.45, 2.75) is 75.1 Å². The quantitative estimate of drug-likeness (QED) is 0.218. The number of aliphatic hydroxyl groups is 6. The fourth-order valence-electron chi connectivity index (χ4n) is 2.99. The molecular weight excluding hydrogens is 392 g/mol. The van der Waals surface area contributed by atoms with Gasteiger partial charge in [-0.1, -0.05) is 30.3 Å². The van der Waals surface area contributed by atoms with E-state index in [1.807, 2.05) is 6.07 Å². The van der Waals surface area contributed by atoms with Crippen molar-refractivity contribution in [2.24, 2.45) is 0 Å². The highest BCUT2D eigenvalue weighted by atomic mass is 17.3. The number of hydrogen-bond donors (Lipinski definition) is 6. The third kappa shape index (κ3) is 5.10. The van der Waals surface area contributed by atoms with Crippen LogP contribution in [0.2, 0.25) is 0 Å². The highest BCUT2D eigenvalue weighted by Gasteiger charge is 2.48. The summed E-state index contributed by atoms with van der Waals surface area (Å²) in [7, 11) is 0. The molecule has 0 unspecified atom stereocenters. The Hall–Kier alpha value is -1.22. The SMILES string of the molecule is C[C@H]1O[C@H](OO[C@H]2O[C@@H](OCc3ccccc3)[C@H](O)[C@@H](O)[C@@H]2O)[C@@H](O)[C@@H](O)[C@@H]1O. The molecule has 2 aliphatic heterocycles. The minimum absolute atomic E-state index is 0.0605. The van der Waals surface area contributed by atoms with Gasteiger partial charge in [0.1, 0.15) is 36.6 Å². The summed E-state index contributed by atoms with van der Waals surface area (Å²) < 4.78 is 16.0. The van der Waals surface area contributed by atoms with E-state index in [1.54, 1.807) is 24.3 Å². The van der Waals surface area contributed by atoms with E-state index in [0.29, 0.717) is 0 Å². The van der Waals surface area contributed by atoms with Crippen LogP contribution < -0.4 is 0 Å². The molecule has 6 N–H and O–H groups in total. The second kappa shape index (κ2) is 9.73. The van der Waals surface area contributed by atoms with Crippen molar-refractivity contribution in [1.82, 2.24) is 0 Å². The van der Waals surface area contributed by atoms with Crippen LogP contribution in [0.15, 0.2) is 30.3 Å². The number of hydrogen-bond acceptors (Lipinski definition) is 11. The molecule has 2 saturated heterocycles. The van der Waals surface area contributed by atoms with Crippen molar-refractivity contribution in [3.8, 4) is 0 Å². The Balaban J connectivity index is 1.58. The van der Waals surface area contributed by atoms with Crippen molar-refractivity contribution in [1.29, 1.82) is 0 Å². The van der Waals surface area contributed by atoms with Gasteiger partial charge in [-0.2, -0.15) is 9.78 Å². The molecule has 2 heterocycles. The molecule has 0 aromatic heterocycles. The Bertz CT molecular complexity index is 631. The van der Waals surface area contributed by atoms with Crippen LogP contribution >= 0.6 is 0 Å². The van der Waals surface area contributed by atoms with Gasteiger partial charge in [-0.05, 0) is 12.5 Å². The van der Waals surface area contributed by atoms with Crippen molar-refractivity contribution in [3.63, 3.8) is 0 Å². The summed E-state index contributed by atoms with van der Waals surface area (Å²) in [6, 6.07) is 9.02. The number of rotatable bonds is 6. The molecule has 0 radical (unpaired) electrons. The molecule has 0 saturated carbocycles.